The average molecular weight is 849 g/mol. The van der Waals surface area contributed by atoms with E-state index < -0.39 is 24.5 Å². The summed E-state index contributed by atoms with van der Waals surface area (Å²) in [5.74, 6) is -0.397. The number of benzene rings is 3. The second kappa shape index (κ2) is 20.2. The van der Waals surface area contributed by atoms with Gasteiger partial charge in [-0.3, -0.25) is 0 Å². The quantitative estimate of drug-likeness (QED) is 0.115. The number of aliphatic hydroxyl groups excluding tert-OH is 3. The van der Waals surface area contributed by atoms with Crippen molar-refractivity contribution in [3.8, 4) is 0 Å². The number of carbonyl (C=O) groups is 2. The average Bonchev–Trinajstić information content (AvgIpc) is 3.82. The first-order valence-electron chi connectivity index (χ1n) is 21.7. The molecule has 3 aromatic rings. The second-order valence-electron chi connectivity index (χ2n) is 16.8. The Hall–Kier alpha value is -3.35. The zero-order valence-corrected chi connectivity index (χ0v) is 36.5. The van der Waals surface area contributed by atoms with Crippen LogP contribution in [0, 0.1) is 0 Å². The second-order valence-corrected chi connectivity index (χ2v) is 21.9. The van der Waals surface area contributed by atoms with Crippen LogP contribution >= 0.6 is 6.60 Å². The van der Waals surface area contributed by atoms with Gasteiger partial charge in [0.2, 0.25) is 0 Å². The molecule has 5 aliphatic rings. The van der Waals surface area contributed by atoms with E-state index in [2.05, 4.69) is 18.6 Å². The van der Waals surface area contributed by atoms with Crippen molar-refractivity contribution >= 4 is 34.0 Å². The van der Waals surface area contributed by atoms with Crippen LogP contribution < -0.4 is 15.9 Å². The topological polar surface area (TPSA) is 150 Å². The molecule has 0 amide bonds. The molecule has 0 aliphatic carbocycles. The first-order valence-corrected chi connectivity index (χ1v) is 24.1. The summed E-state index contributed by atoms with van der Waals surface area (Å²) >= 11 is 0. The summed E-state index contributed by atoms with van der Waals surface area (Å²) in [5.41, 5.74) is -0.849. The standard InChI is InChI=1S/C21H21O2P.C15H24O5.C12H20O4/c1-18(23)24(17-22,19-11-5-2-6-12-19,20-13-7-3-8-14-20)21-15-9-4-10-16-21;1-3-4-11-5-7-13-15(10-16,20-11)9-12(19-13)6-8-14(17)18-2;1-2-3-8-4-5-10-12(16-8)6-9(15-10)11(13)14-7-12/h2-16,22H,17H2,1H3;6,8,11-13,16H,3-5,7,9-10H2,1-2H3;8-11,13H,2-7H2,1H3/b;8-6+;/t;11-,12-,13-,15+;8-,9+,10-,11?,12+/m.00/s1. The van der Waals surface area contributed by atoms with Gasteiger partial charge in [-0.15, -0.1) is 0 Å². The number of carbonyl (C=O) groups excluding carboxylic acids is 2. The maximum absolute atomic E-state index is 13.3. The summed E-state index contributed by atoms with van der Waals surface area (Å²) in [7, 11) is 1.34. The van der Waals surface area contributed by atoms with Crippen LogP contribution in [0.5, 0.6) is 0 Å². The third-order valence-electron chi connectivity index (χ3n) is 13.2. The molecule has 12 heteroatoms. The Kier molecular flexibility index (Phi) is 15.6. The van der Waals surface area contributed by atoms with Crippen molar-refractivity contribution in [3.63, 3.8) is 0 Å². The van der Waals surface area contributed by atoms with Crippen molar-refractivity contribution in [2.45, 2.75) is 139 Å². The summed E-state index contributed by atoms with van der Waals surface area (Å²) in [4.78, 5) is 24.4. The smallest absolute Gasteiger partial charge is 0.330 e. The fraction of sp³-hybridized carbons (Fsp3) is 0.542. The van der Waals surface area contributed by atoms with E-state index in [1.54, 1.807) is 13.0 Å². The Morgan fingerprint density at radius 3 is 1.78 bits per heavy atom. The Balaban J connectivity index is 0.000000154. The van der Waals surface area contributed by atoms with Gasteiger partial charge in [-0.2, -0.15) is 0 Å². The van der Waals surface area contributed by atoms with E-state index in [1.165, 1.54) is 13.2 Å². The van der Waals surface area contributed by atoms with Crippen molar-refractivity contribution in [1.29, 1.82) is 0 Å². The van der Waals surface area contributed by atoms with Crippen molar-refractivity contribution in [3.05, 3.63) is 103 Å². The van der Waals surface area contributed by atoms with Gasteiger partial charge >= 0.3 is 148 Å². The number of fused-ring (bicyclic) bond motifs is 2. The zero-order valence-electron chi connectivity index (χ0n) is 35.6. The van der Waals surface area contributed by atoms with Gasteiger partial charge < -0.3 is 38.6 Å². The molecule has 0 radical (unpaired) electrons. The first-order chi connectivity index (χ1) is 29.0. The maximum atomic E-state index is 13.3. The molecule has 5 saturated heterocycles. The van der Waals surface area contributed by atoms with Gasteiger partial charge in [-0.1, -0.05) is 26.7 Å². The van der Waals surface area contributed by atoms with Crippen LogP contribution in [-0.4, -0.2) is 108 Å². The fourth-order valence-electron chi connectivity index (χ4n) is 9.99. The van der Waals surface area contributed by atoms with Crippen LogP contribution in [0.3, 0.4) is 0 Å². The molecule has 5 heterocycles. The molecule has 8 rings (SSSR count). The predicted octanol–water partition coefficient (Wildman–Crippen LogP) is 5.81. The molecule has 1 spiro atoms. The molecular formula is C48H65O11P. The van der Waals surface area contributed by atoms with E-state index in [0.29, 0.717) is 19.1 Å². The zero-order chi connectivity index (χ0) is 42.8. The van der Waals surface area contributed by atoms with Gasteiger partial charge in [0.05, 0.1) is 50.8 Å². The molecule has 1 unspecified atom stereocenters. The molecule has 60 heavy (non-hydrogen) atoms. The Labute approximate surface area is 355 Å². The van der Waals surface area contributed by atoms with Crippen molar-refractivity contribution in [2.24, 2.45) is 0 Å². The molecule has 0 aromatic heterocycles. The number of hydrogen-bond acceptors (Lipinski definition) is 11. The van der Waals surface area contributed by atoms with Gasteiger partial charge in [-0.25, -0.2) is 4.79 Å². The van der Waals surface area contributed by atoms with Gasteiger partial charge in [0.25, 0.3) is 0 Å². The number of aliphatic hydroxyl groups is 3. The van der Waals surface area contributed by atoms with Crippen LogP contribution in [0.4, 0.5) is 0 Å². The third-order valence-corrected chi connectivity index (χ3v) is 19.4. The summed E-state index contributed by atoms with van der Waals surface area (Å²) in [5, 5.41) is 32.9. The molecular weight excluding hydrogens is 783 g/mol. The van der Waals surface area contributed by atoms with Gasteiger partial charge in [-0.05, 0) is 44.6 Å². The molecule has 5 aliphatic heterocycles. The van der Waals surface area contributed by atoms with E-state index >= 15 is 0 Å². The molecule has 11 nitrogen and oxygen atoms in total. The first kappa shape index (κ1) is 46.2. The number of methoxy groups -OCH3 is 1. The summed E-state index contributed by atoms with van der Waals surface area (Å²) in [6.45, 7) is 2.75. The molecule has 0 saturated carbocycles. The van der Waals surface area contributed by atoms with Gasteiger partial charge in [0.15, 0.2) is 6.29 Å². The minimum atomic E-state index is -3.62. The van der Waals surface area contributed by atoms with Crippen LogP contribution in [0.25, 0.3) is 0 Å². The summed E-state index contributed by atoms with van der Waals surface area (Å²) < 4.78 is 34.0. The van der Waals surface area contributed by atoms with E-state index in [4.69, 9.17) is 23.7 Å². The molecule has 3 N–H and O–H groups in total. The summed E-state index contributed by atoms with van der Waals surface area (Å²) in [6.07, 6.45) is 12.0. The Bertz CT molecular complexity index is 1760. The van der Waals surface area contributed by atoms with Crippen LogP contribution in [0.15, 0.2) is 103 Å². The Morgan fingerprint density at radius 2 is 1.30 bits per heavy atom. The number of rotatable bonds is 12. The monoisotopic (exact) mass is 848 g/mol. The van der Waals surface area contributed by atoms with E-state index in [0.717, 1.165) is 73.7 Å². The minimum absolute atomic E-state index is 0.0205. The van der Waals surface area contributed by atoms with Gasteiger partial charge in [0.1, 0.15) is 17.3 Å². The van der Waals surface area contributed by atoms with E-state index in [-0.39, 0.29) is 54.6 Å². The molecule has 2 bridgehead atoms. The minimum Gasteiger partial charge on any atom is -0.466 e. The fourth-order valence-corrected chi connectivity index (χ4v) is 15.2. The number of ether oxygens (including phenoxy) is 6. The molecule has 3 aromatic carbocycles. The van der Waals surface area contributed by atoms with Crippen molar-refractivity contribution in [1.82, 2.24) is 0 Å². The maximum Gasteiger partial charge on any atom is 0.330 e. The third kappa shape index (κ3) is 8.94. The van der Waals surface area contributed by atoms with Crippen LogP contribution in [0.2, 0.25) is 0 Å². The number of hydrogen-bond donors (Lipinski definition) is 3. The summed E-state index contributed by atoms with van der Waals surface area (Å²) in [6, 6.07) is 29.2. The van der Waals surface area contributed by atoms with Crippen molar-refractivity contribution < 1.29 is 53.3 Å². The predicted molar refractivity (Wildman–Crippen MR) is 233 cm³/mol. The normalized spacial score (nSPS) is 31.2. The molecule has 5 fully saturated rings. The largest absolute Gasteiger partial charge is 0.466 e. The number of esters is 1. The van der Waals surface area contributed by atoms with E-state index in [1.807, 2.05) is 91.0 Å². The van der Waals surface area contributed by atoms with E-state index in [9.17, 15) is 24.9 Å². The van der Waals surface area contributed by atoms with Crippen LogP contribution in [-0.2, 0) is 38.0 Å². The molecule has 328 valence electrons. The molecule has 9 atom stereocenters. The Morgan fingerprint density at radius 1 is 0.767 bits per heavy atom. The SMILES string of the molecule is CC(=O)P(CO)(c1ccccc1)(c1ccccc1)c1ccccc1.CCC[C@H]1CC[C@@H]2O[C@@H](/C=C/C(=O)OC)C[C@]2(CO)O1.CCC[C@H]1CC[C@@H]2O[C@@H]3C[C@]2(COC3O)O1. The van der Waals surface area contributed by atoms with Crippen LogP contribution in [0.1, 0.15) is 85.0 Å². The van der Waals surface area contributed by atoms with Crippen molar-refractivity contribution in [2.75, 3.05) is 26.7 Å². The van der Waals surface area contributed by atoms with Gasteiger partial charge in [0, 0.05) is 18.9 Å².